The van der Waals surface area contributed by atoms with Crippen LogP contribution >= 0.6 is 0 Å². The summed E-state index contributed by atoms with van der Waals surface area (Å²) in [6.45, 7) is -0.0561. The Bertz CT molecular complexity index is 307. The van der Waals surface area contributed by atoms with Gasteiger partial charge in [0, 0.05) is 18.3 Å². The molecule has 0 aromatic carbocycles. The number of aliphatic hydroxyl groups excluding tert-OH is 2. The molecule has 2 rings (SSSR count). The average molecular weight is 241 g/mol. The Morgan fingerprint density at radius 3 is 1.82 bits per heavy atom. The molecular formula is C12H19NO4. The molecule has 1 saturated heterocycles. The predicted octanol–water partition coefficient (Wildman–Crippen LogP) is -0.0456. The molecule has 1 saturated carbocycles. The van der Waals surface area contributed by atoms with Crippen molar-refractivity contribution in [3.63, 3.8) is 0 Å². The number of carbonyl (C=O) groups is 2. The number of piperidine rings is 1. The van der Waals surface area contributed by atoms with Crippen LogP contribution in [-0.4, -0.2) is 35.2 Å². The maximum absolute atomic E-state index is 11.4. The van der Waals surface area contributed by atoms with E-state index < -0.39 is 5.41 Å². The van der Waals surface area contributed by atoms with Crippen LogP contribution in [0.5, 0.6) is 0 Å². The first-order valence-electron chi connectivity index (χ1n) is 6.08. The Kier molecular flexibility index (Phi) is 3.23. The molecule has 0 bridgehead atoms. The van der Waals surface area contributed by atoms with E-state index in [1.54, 1.807) is 0 Å². The van der Waals surface area contributed by atoms with E-state index in [2.05, 4.69) is 5.32 Å². The highest BCUT2D eigenvalue weighted by Crippen LogP contribution is 2.49. The highest BCUT2D eigenvalue weighted by molar-refractivity contribution is 5.98. The van der Waals surface area contributed by atoms with Crippen molar-refractivity contribution in [3.05, 3.63) is 0 Å². The Balaban J connectivity index is 2.06. The van der Waals surface area contributed by atoms with Crippen molar-refractivity contribution in [2.75, 3.05) is 13.2 Å². The minimum Gasteiger partial charge on any atom is -0.396 e. The first-order valence-corrected chi connectivity index (χ1v) is 6.08. The second kappa shape index (κ2) is 4.38. The summed E-state index contributed by atoms with van der Waals surface area (Å²) in [5.74, 6) is -0.386. The highest BCUT2D eigenvalue weighted by Gasteiger charge is 2.46. The van der Waals surface area contributed by atoms with Crippen molar-refractivity contribution in [2.24, 2.45) is 10.8 Å². The number of hydrogen-bond acceptors (Lipinski definition) is 4. The average Bonchev–Trinajstić information content (AvgIpc) is 2.29. The summed E-state index contributed by atoms with van der Waals surface area (Å²) in [6.07, 6.45) is 3.61. The fourth-order valence-electron chi connectivity index (χ4n) is 3.02. The van der Waals surface area contributed by atoms with E-state index in [-0.39, 0.29) is 30.4 Å². The molecule has 5 nitrogen and oxygen atoms in total. The lowest BCUT2D eigenvalue weighted by molar-refractivity contribution is -0.140. The van der Waals surface area contributed by atoms with Gasteiger partial charge in [0.2, 0.25) is 11.8 Å². The molecule has 2 fully saturated rings. The minimum absolute atomic E-state index is 0.0281. The molecule has 2 aliphatic rings. The van der Waals surface area contributed by atoms with Crippen LogP contribution in [-0.2, 0) is 9.59 Å². The number of amides is 2. The Hall–Kier alpha value is -0.940. The first-order chi connectivity index (χ1) is 8.03. The molecule has 0 radical (unpaired) electrons. The summed E-state index contributed by atoms with van der Waals surface area (Å²) in [7, 11) is 0. The topological polar surface area (TPSA) is 86.6 Å². The second-order valence-corrected chi connectivity index (χ2v) is 5.64. The second-order valence-electron chi connectivity index (χ2n) is 5.64. The highest BCUT2D eigenvalue weighted by atomic mass is 16.3. The third-order valence-corrected chi connectivity index (χ3v) is 4.39. The summed E-state index contributed by atoms with van der Waals surface area (Å²) in [6, 6.07) is 0. The minimum atomic E-state index is -0.414. The van der Waals surface area contributed by atoms with Gasteiger partial charge in [-0.25, -0.2) is 0 Å². The van der Waals surface area contributed by atoms with Gasteiger partial charge in [-0.2, -0.15) is 0 Å². The van der Waals surface area contributed by atoms with Crippen molar-refractivity contribution in [1.29, 1.82) is 0 Å². The van der Waals surface area contributed by atoms with E-state index in [1.165, 1.54) is 0 Å². The number of carbonyl (C=O) groups excluding carboxylic acids is 2. The summed E-state index contributed by atoms with van der Waals surface area (Å²) >= 11 is 0. The van der Waals surface area contributed by atoms with Crippen molar-refractivity contribution in [3.8, 4) is 0 Å². The zero-order valence-electron chi connectivity index (χ0n) is 9.87. The van der Waals surface area contributed by atoms with Gasteiger partial charge in [0.25, 0.3) is 0 Å². The zero-order valence-corrected chi connectivity index (χ0v) is 9.87. The molecule has 1 spiro atoms. The molecular weight excluding hydrogens is 222 g/mol. The maximum atomic E-state index is 11.4. The predicted molar refractivity (Wildman–Crippen MR) is 59.9 cm³/mol. The van der Waals surface area contributed by atoms with Gasteiger partial charge in [0.1, 0.15) is 0 Å². The van der Waals surface area contributed by atoms with Crippen LogP contribution in [0.15, 0.2) is 0 Å². The Morgan fingerprint density at radius 1 is 0.941 bits per heavy atom. The van der Waals surface area contributed by atoms with Crippen molar-refractivity contribution >= 4 is 11.8 Å². The molecule has 1 heterocycles. The van der Waals surface area contributed by atoms with Crippen molar-refractivity contribution in [1.82, 2.24) is 5.32 Å². The van der Waals surface area contributed by atoms with Crippen LogP contribution in [0.2, 0.25) is 0 Å². The van der Waals surface area contributed by atoms with Crippen LogP contribution in [0.3, 0.4) is 0 Å². The van der Waals surface area contributed by atoms with Crippen LogP contribution in [0.4, 0.5) is 0 Å². The van der Waals surface area contributed by atoms with Gasteiger partial charge in [0.15, 0.2) is 0 Å². The SMILES string of the molecule is O=C1CC2(CCC(CO)(CO)CC2)CC(=O)N1. The normalized spacial score (nSPS) is 26.9. The maximum Gasteiger partial charge on any atom is 0.227 e. The number of hydrogen-bond donors (Lipinski definition) is 3. The quantitative estimate of drug-likeness (QED) is 0.592. The standard InChI is InChI=1S/C12H19NO4/c14-7-12(8-15)3-1-11(2-4-12)5-9(16)13-10(17)6-11/h14-15H,1-8H2,(H,13,16,17). The van der Waals surface area contributed by atoms with E-state index >= 15 is 0 Å². The van der Waals surface area contributed by atoms with Crippen LogP contribution in [0.1, 0.15) is 38.5 Å². The Morgan fingerprint density at radius 2 is 1.41 bits per heavy atom. The molecule has 17 heavy (non-hydrogen) atoms. The van der Waals surface area contributed by atoms with Crippen molar-refractivity contribution < 1.29 is 19.8 Å². The van der Waals surface area contributed by atoms with E-state index in [0.717, 1.165) is 12.8 Å². The van der Waals surface area contributed by atoms with E-state index in [9.17, 15) is 19.8 Å². The van der Waals surface area contributed by atoms with Gasteiger partial charge in [-0.1, -0.05) is 0 Å². The lowest BCUT2D eigenvalue weighted by Crippen LogP contribution is -2.48. The number of rotatable bonds is 2. The summed E-state index contributed by atoms with van der Waals surface area (Å²) in [5, 5.41) is 21.0. The van der Waals surface area contributed by atoms with Gasteiger partial charge in [-0.15, -0.1) is 0 Å². The molecule has 0 unspecified atom stereocenters. The third-order valence-electron chi connectivity index (χ3n) is 4.39. The van der Waals surface area contributed by atoms with E-state index in [1.807, 2.05) is 0 Å². The fraction of sp³-hybridized carbons (Fsp3) is 0.833. The van der Waals surface area contributed by atoms with Gasteiger partial charge in [0.05, 0.1) is 13.2 Å². The zero-order chi connectivity index (χ0) is 12.5. The molecule has 5 heteroatoms. The monoisotopic (exact) mass is 241 g/mol. The largest absolute Gasteiger partial charge is 0.396 e. The molecule has 0 atom stereocenters. The molecule has 2 amide bonds. The molecule has 3 N–H and O–H groups in total. The molecule has 1 aliphatic carbocycles. The first kappa shape index (κ1) is 12.5. The third kappa shape index (κ3) is 2.35. The van der Waals surface area contributed by atoms with Crippen LogP contribution in [0, 0.1) is 10.8 Å². The lowest BCUT2D eigenvalue weighted by Gasteiger charge is -2.46. The summed E-state index contributed by atoms with van der Waals surface area (Å²) < 4.78 is 0. The van der Waals surface area contributed by atoms with Crippen LogP contribution < -0.4 is 5.32 Å². The Labute approximate surface area is 100 Å². The summed E-state index contributed by atoms with van der Waals surface area (Å²) in [5.41, 5.74) is -0.643. The van der Waals surface area contributed by atoms with Crippen molar-refractivity contribution in [2.45, 2.75) is 38.5 Å². The smallest absolute Gasteiger partial charge is 0.227 e. The molecule has 96 valence electrons. The van der Waals surface area contributed by atoms with E-state index in [4.69, 9.17) is 0 Å². The molecule has 0 aromatic rings. The molecule has 0 aromatic heterocycles. The van der Waals surface area contributed by atoms with Gasteiger partial charge < -0.3 is 10.2 Å². The summed E-state index contributed by atoms with van der Waals surface area (Å²) in [4.78, 5) is 22.8. The van der Waals surface area contributed by atoms with Gasteiger partial charge in [-0.05, 0) is 31.1 Å². The van der Waals surface area contributed by atoms with E-state index in [0.29, 0.717) is 25.7 Å². The number of imide groups is 1. The fourth-order valence-corrected chi connectivity index (χ4v) is 3.02. The van der Waals surface area contributed by atoms with Gasteiger partial charge in [-0.3, -0.25) is 14.9 Å². The van der Waals surface area contributed by atoms with Gasteiger partial charge >= 0.3 is 0 Å². The molecule has 1 aliphatic heterocycles. The van der Waals surface area contributed by atoms with Crippen LogP contribution in [0.25, 0.3) is 0 Å². The number of aliphatic hydroxyl groups is 2. The lowest BCUT2D eigenvalue weighted by atomic mass is 9.60. The number of nitrogens with one attached hydrogen (secondary N) is 1.